The lowest BCUT2D eigenvalue weighted by molar-refractivity contribution is -0.136. The van der Waals surface area contributed by atoms with Gasteiger partial charge in [0.25, 0.3) is 0 Å². The Morgan fingerprint density at radius 2 is 2.50 bits per heavy atom. The van der Waals surface area contributed by atoms with Crippen molar-refractivity contribution in [2.24, 2.45) is 0 Å². The van der Waals surface area contributed by atoms with Crippen molar-refractivity contribution in [3.8, 4) is 0 Å². The number of carbonyl (C=O) groups is 1. The number of hydrogen-bond acceptors (Lipinski definition) is 4. The highest BCUT2D eigenvalue weighted by Crippen LogP contribution is 2.21. The van der Waals surface area contributed by atoms with Crippen molar-refractivity contribution in [2.45, 2.75) is 26.4 Å². The fraction of sp³-hybridized carbons (Fsp3) is 0.556. The van der Waals surface area contributed by atoms with Gasteiger partial charge in [-0.3, -0.25) is 4.79 Å². The van der Waals surface area contributed by atoms with Gasteiger partial charge in [-0.05, 0) is 13.8 Å². The summed E-state index contributed by atoms with van der Waals surface area (Å²) in [5, 5.41) is 11.2. The maximum atomic E-state index is 10.4. The van der Waals surface area contributed by atoms with Crippen molar-refractivity contribution in [1.29, 1.82) is 0 Å². The molecule has 1 heterocycles. The highest BCUT2D eigenvalue weighted by atomic mass is 32.1. The molecule has 14 heavy (non-hydrogen) atoms. The molecule has 0 unspecified atom stereocenters. The van der Waals surface area contributed by atoms with Crippen molar-refractivity contribution >= 4 is 17.3 Å². The molecule has 1 aromatic heterocycles. The van der Waals surface area contributed by atoms with Crippen LogP contribution >= 0.6 is 11.3 Å². The van der Waals surface area contributed by atoms with Crippen LogP contribution in [-0.4, -0.2) is 22.7 Å². The third-order valence-corrected chi connectivity index (χ3v) is 2.72. The van der Waals surface area contributed by atoms with Gasteiger partial charge < -0.3 is 9.84 Å². The van der Waals surface area contributed by atoms with Crippen molar-refractivity contribution in [3.63, 3.8) is 0 Å². The number of carboxylic acid groups (broad SMARTS) is 1. The summed E-state index contributed by atoms with van der Waals surface area (Å²) in [6.45, 7) is 4.46. The minimum Gasteiger partial charge on any atom is -0.481 e. The number of carboxylic acids is 1. The van der Waals surface area contributed by atoms with Gasteiger partial charge in [0.15, 0.2) is 0 Å². The molecule has 78 valence electrons. The van der Waals surface area contributed by atoms with Crippen LogP contribution in [0.1, 0.15) is 30.7 Å². The van der Waals surface area contributed by atoms with Gasteiger partial charge in [0, 0.05) is 12.0 Å². The van der Waals surface area contributed by atoms with E-state index in [4.69, 9.17) is 9.84 Å². The molecule has 0 radical (unpaired) electrons. The summed E-state index contributed by atoms with van der Waals surface area (Å²) >= 11 is 1.44. The number of thiazole rings is 1. The van der Waals surface area contributed by atoms with Crippen molar-refractivity contribution in [2.75, 3.05) is 6.61 Å². The Labute approximate surface area is 86.6 Å². The second-order valence-corrected chi connectivity index (χ2v) is 3.73. The molecule has 1 aromatic rings. The van der Waals surface area contributed by atoms with Gasteiger partial charge in [0.05, 0.1) is 12.1 Å². The first-order valence-corrected chi connectivity index (χ1v) is 5.29. The Morgan fingerprint density at radius 1 is 1.79 bits per heavy atom. The van der Waals surface area contributed by atoms with Crippen LogP contribution in [0.25, 0.3) is 0 Å². The van der Waals surface area contributed by atoms with Gasteiger partial charge in [-0.25, -0.2) is 4.98 Å². The molecule has 0 saturated heterocycles. The van der Waals surface area contributed by atoms with E-state index >= 15 is 0 Å². The molecule has 0 aliphatic carbocycles. The van der Waals surface area contributed by atoms with E-state index in [1.807, 2.05) is 13.8 Å². The van der Waals surface area contributed by atoms with E-state index in [0.29, 0.717) is 12.3 Å². The zero-order valence-electron chi connectivity index (χ0n) is 8.19. The summed E-state index contributed by atoms with van der Waals surface area (Å²) in [4.78, 5) is 14.6. The molecule has 4 nitrogen and oxygen atoms in total. The highest BCUT2D eigenvalue weighted by molar-refractivity contribution is 7.09. The molecule has 0 amide bonds. The van der Waals surface area contributed by atoms with Crippen LogP contribution < -0.4 is 0 Å². The van der Waals surface area contributed by atoms with Gasteiger partial charge >= 0.3 is 5.97 Å². The zero-order valence-corrected chi connectivity index (χ0v) is 9.00. The highest BCUT2D eigenvalue weighted by Gasteiger charge is 2.11. The Kier molecular flexibility index (Phi) is 4.03. The van der Waals surface area contributed by atoms with E-state index in [1.54, 1.807) is 5.38 Å². The average Bonchev–Trinajstić information content (AvgIpc) is 2.52. The summed E-state index contributed by atoms with van der Waals surface area (Å²) in [5.41, 5.74) is 0.601. The van der Waals surface area contributed by atoms with Gasteiger partial charge in [0.1, 0.15) is 11.1 Å². The van der Waals surface area contributed by atoms with Gasteiger partial charge in [-0.15, -0.1) is 11.3 Å². The molecule has 0 bridgehead atoms. The van der Waals surface area contributed by atoms with Crippen LogP contribution in [0.3, 0.4) is 0 Å². The van der Waals surface area contributed by atoms with Crippen molar-refractivity contribution < 1.29 is 14.6 Å². The van der Waals surface area contributed by atoms with E-state index in [9.17, 15) is 4.79 Å². The van der Waals surface area contributed by atoms with Crippen LogP contribution in [-0.2, 0) is 16.0 Å². The average molecular weight is 215 g/mol. The molecule has 1 rings (SSSR count). The Bertz CT molecular complexity index is 311. The molecule has 0 aliphatic rings. The number of rotatable bonds is 5. The predicted octanol–water partition coefficient (Wildman–Crippen LogP) is 1.87. The summed E-state index contributed by atoms with van der Waals surface area (Å²) in [7, 11) is 0. The molecule has 0 saturated carbocycles. The molecule has 5 heteroatoms. The van der Waals surface area contributed by atoms with Crippen LogP contribution in [0.4, 0.5) is 0 Å². The second-order valence-electron chi connectivity index (χ2n) is 2.85. The smallest absolute Gasteiger partial charge is 0.309 e. The van der Waals surface area contributed by atoms with E-state index in [1.165, 1.54) is 11.3 Å². The minimum absolute atomic E-state index is 0.0185. The Balaban J connectivity index is 2.62. The fourth-order valence-corrected chi connectivity index (χ4v) is 1.89. The minimum atomic E-state index is -0.856. The fourth-order valence-electron chi connectivity index (χ4n) is 1.07. The summed E-state index contributed by atoms with van der Waals surface area (Å²) in [6, 6.07) is 0. The van der Waals surface area contributed by atoms with Crippen molar-refractivity contribution in [1.82, 2.24) is 4.98 Å². The molecular weight excluding hydrogens is 202 g/mol. The van der Waals surface area contributed by atoms with Crippen LogP contribution in [0, 0.1) is 0 Å². The quantitative estimate of drug-likeness (QED) is 0.814. The Morgan fingerprint density at radius 3 is 3.07 bits per heavy atom. The first-order valence-electron chi connectivity index (χ1n) is 4.41. The SMILES string of the molecule is CCO[C@H](C)c1nc(CC(=O)O)cs1. The number of ether oxygens (including phenoxy) is 1. The van der Waals surface area contributed by atoms with Crippen LogP contribution in [0.5, 0.6) is 0 Å². The third-order valence-electron chi connectivity index (χ3n) is 1.67. The molecule has 0 aliphatic heterocycles. The maximum absolute atomic E-state index is 10.4. The first kappa shape index (κ1) is 11.1. The van der Waals surface area contributed by atoms with E-state index in [0.717, 1.165) is 5.01 Å². The Hall–Kier alpha value is -0.940. The molecule has 1 N–H and O–H groups in total. The van der Waals surface area contributed by atoms with E-state index in [-0.39, 0.29) is 12.5 Å². The van der Waals surface area contributed by atoms with Gasteiger partial charge in [0.2, 0.25) is 0 Å². The number of hydrogen-bond donors (Lipinski definition) is 1. The molecule has 1 atom stereocenters. The topological polar surface area (TPSA) is 59.4 Å². The van der Waals surface area contributed by atoms with Crippen LogP contribution in [0.15, 0.2) is 5.38 Å². The predicted molar refractivity (Wildman–Crippen MR) is 53.5 cm³/mol. The lowest BCUT2D eigenvalue weighted by Gasteiger charge is -2.06. The summed E-state index contributed by atoms with van der Waals surface area (Å²) < 4.78 is 5.35. The second kappa shape index (κ2) is 5.07. The molecule has 0 fully saturated rings. The summed E-state index contributed by atoms with van der Waals surface area (Å²) in [5.74, 6) is -0.856. The number of nitrogens with zero attached hydrogens (tertiary/aromatic N) is 1. The third kappa shape index (κ3) is 3.08. The van der Waals surface area contributed by atoms with Crippen LogP contribution in [0.2, 0.25) is 0 Å². The first-order chi connectivity index (χ1) is 6.63. The standard InChI is InChI=1S/C9H13NO3S/c1-3-13-6(2)9-10-7(5-14-9)4-8(11)12/h5-6H,3-4H2,1-2H3,(H,11,12)/t6-/m1/s1. The largest absolute Gasteiger partial charge is 0.481 e. The number of aliphatic carboxylic acids is 1. The molecular formula is C9H13NO3S. The summed E-state index contributed by atoms with van der Waals surface area (Å²) in [6.07, 6.45) is -0.0671. The van der Waals surface area contributed by atoms with E-state index in [2.05, 4.69) is 4.98 Å². The van der Waals surface area contributed by atoms with Crippen molar-refractivity contribution in [3.05, 3.63) is 16.1 Å². The maximum Gasteiger partial charge on any atom is 0.309 e. The monoisotopic (exact) mass is 215 g/mol. The molecule has 0 spiro atoms. The van der Waals surface area contributed by atoms with Gasteiger partial charge in [-0.2, -0.15) is 0 Å². The lowest BCUT2D eigenvalue weighted by Crippen LogP contribution is -2.02. The zero-order chi connectivity index (χ0) is 10.6. The van der Waals surface area contributed by atoms with E-state index < -0.39 is 5.97 Å². The number of aromatic nitrogens is 1. The lowest BCUT2D eigenvalue weighted by atomic mass is 10.3. The normalized spacial score (nSPS) is 12.7. The van der Waals surface area contributed by atoms with Gasteiger partial charge in [-0.1, -0.05) is 0 Å². The molecule has 0 aromatic carbocycles.